The van der Waals surface area contributed by atoms with Crippen LogP contribution in [0, 0.1) is 24.0 Å². The van der Waals surface area contributed by atoms with Gasteiger partial charge < -0.3 is 5.32 Å². The quantitative estimate of drug-likeness (QED) is 0.467. The highest BCUT2D eigenvalue weighted by Crippen LogP contribution is 2.35. The summed E-state index contributed by atoms with van der Waals surface area (Å²) in [4.78, 5) is 23.7. The summed E-state index contributed by atoms with van der Waals surface area (Å²) < 4.78 is 25.8. The Morgan fingerprint density at radius 1 is 1.23 bits per heavy atom. The van der Waals surface area contributed by atoms with Crippen molar-refractivity contribution in [3.63, 3.8) is 0 Å². The molecule has 9 nitrogen and oxygen atoms in total. The van der Waals surface area contributed by atoms with Crippen molar-refractivity contribution in [1.82, 2.24) is 9.78 Å². The van der Waals surface area contributed by atoms with Crippen molar-refractivity contribution < 1.29 is 18.1 Å². The minimum Gasteiger partial charge on any atom is -0.306 e. The first kappa shape index (κ1) is 21.0. The summed E-state index contributed by atoms with van der Waals surface area (Å²) in [5.74, 6) is -1.13. The van der Waals surface area contributed by atoms with E-state index >= 15 is 0 Å². The molecule has 0 aliphatic carbocycles. The first-order valence-electron chi connectivity index (χ1n) is 9.20. The molecule has 0 fully saturated rings. The number of rotatable bonds is 4. The molecule has 0 saturated carbocycles. The predicted molar refractivity (Wildman–Crippen MR) is 115 cm³/mol. The van der Waals surface area contributed by atoms with E-state index < -0.39 is 26.4 Å². The van der Waals surface area contributed by atoms with Gasteiger partial charge >= 0.3 is 0 Å². The molecule has 4 rings (SSSR count). The Hall–Kier alpha value is -3.24. The number of fused-ring (bicyclic) bond motifs is 1. The summed E-state index contributed by atoms with van der Waals surface area (Å²) >= 11 is 5.94. The van der Waals surface area contributed by atoms with Crippen LogP contribution in [0.5, 0.6) is 0 Å². The monoisotopic (exact) mass is 460 g/mol. The second kappa shape index (κ2) is 7.47. The van der Waals surface area contributed by atoms with Gasteiger partial charge in [0.15, 0.2) is 9.84 Å². The number of hydrogen-bond donors (Lipinski definition) is 1. The summed E-state index contributed by atoms with van der Waals surface area (Å²) in [6.07, 6.45) is 0. The average Bonchev–Trinajstić information content (AvgIpc) is 3.16. The maximum atomic E-state index is 13.0. The van der Waals surface area contributed by atoms with Crippen LogP contribution in [0.3, 0.4) is 0 Å². The molecular formula is C20H17ClN4O5S. The molecule has 1 N–H and O–H groups in total. The van der Waals surface area contributed by atoms with Crippen molar-refractivity contribution in [2.75, 3.05) is 5.32 Å². The number of hydrogen-bond acceptors (Lipinski definition) is 6. The van der Waals surface area contributed by atoms with Crippen molar-refractivity contribution >= 4 is 38.9 Å². The van der Waals surface area contributed by atoms with Gasteiger partial charge in [0.05, 0.1) is 27.8 Å². The Labute approximate surface area is 182 Å². The van der Waals surface area contributed by atoms with Gasteiger partial charge in [0.25, 0.3) is 11.6 Å². The van der Waals surface area contributed by atoms with Crippen LogP contribution >= 0.6 is 11.6 Å². The number of carbonyl (C=O) groups excluding carboxylic acids is 1. The summed E-state index contributed by atoms with van der Waals surface area (Å²) in [6.45, 7) is 3.82. The van der Waals surface area contributed by atoms with Crippen LogP contribution in [-0.4, -0.2) is 29.0 Å². The van der Waals surface area contributed by atoms with Crippen LogP contribution in [0.15, 0.2) is 36.4 Å². The van der Waals surface area contributed by atoms with Crippen molar-refractivity contribution in [2.45, 2.75) is 25.4 Å². The summed E-state index contributed by atoms with van der Waals surface area (Å²) in [6, 6.07) is 9.22. The molecule has 0 bridgehead atoms. The van der Waals surface area contributed by atoms with Gasteiger partial charge in [-0.25, -0.2) is 13.1 Å². The minimum absolute atomic E-state index is 0.159. The maximum absolute atomic E-state index is 13.0. The highest BCUT2D eigenvalue weighted by molar-refractivity contribution is 7.90. The summed E-state index contributed by atoms with van der Waals surface area (Å²) in [5.41, 5.74) is 2.63. The summed E-state index contributed by atoms with van der Waals surface area (Å²) in [7, 11) is -3.39. The molecule has 1 aliphatic heterocycles. The second-order valence-corrected chi connectivity index (χ2v) is 9.81. The zero-order chi connectivity index (χ0) is 22.5. The van der Waals surface area contributed by atoms with Gasteiger partial charge in [0.1, 0.15) is 11.4 Å². The van der Waals surface area contributed by atoms with Crippen LogP contribution in [-0.2, 0) is 21.3 Å². The fourth-order valence-electron chi connectivity index (χ4n) is 3.53. The number of anilines is 1. The number of benzene rings is 2. The lowest BCUT2D eigenvalue weighted by Crippen LogP contribution is -2.18. The Bertz CT molecular complexity index is 1360. The van der Waals surface area contributed by atoms with Gasteiger partial charge in [-0.05, 0) is 43.2 Å². The number of halogens is 1. The molecule has 0 spiro atoms. The lowest BCUT2D eigenvalue weighted by molar-refractivity contribution is -0.385. The fourth-order valence-corrected chi connectivity index (χ4v) is 5.20. The zero-order valence-electron chi connectivity index (χ0n) is 16.5. The molecule has 31 heavy (non-hydrogen) atoms. The van der Waals surface area contributed by atoms with E-state index in [1.807, 2.05) is 26.0 Å². The smallest absolute Gasteiger partial charge is 0.282 e. The van der Waals surface area contributed by atoms with E-state index in [2.05, 4.69) is 10.4 Å². The van der Waals surface area contributed by atoms with Gasteiger partial charge in [-0.1, -0.05) is 23.7 Å². The average molecular weight is 461 g/mol. The Kier molecular flexibility index (Phi) is 5.06. The van der Waals surface area contributed by atoms with E-state index in [-0.39, 0.29) is 27.9 Å². The number of aromatic nitrogens is 2. The number of nitrogens with one attached hydrogen (secondary N) is 1. The Balaban J connectivity index is 1.85. The lowest BCUT2D eigenvalue weighted by Gasteiger charge is -2.14. The number of amides is 1. The van der Waals surface area contributed by atoms with E-state index in [0.29, 0.717) is 16.9 Å². The largest absolute Gasteiger partial charge is 0.306 e. The Morgan fingerprint density at radius 2 is 1.97 bits per heavy atom. The molecule has 0 atom stereocenters. The maximum Gasteiger partial charge on any atom is 0.282 e. The molecule has 3 aromatic rings. The van der Waals surface area contributed by atoms with Crippen LogP contribution in [0.2, 0.25) is 5.02 Å². The molecular weight excluding hydrogens is 444 g/mol. The number of nitro groups is 1. The molecule has 0 saturated heterocycles. The Morgan fingerprint density at radius 3 is 2.68 bits per heavy atom. The second-order valence-electron chi connectivity index (χ2n) is 7.31. The van der Waals surface area contributed by atoms with E-state index in [4.69, 9.17) is 11.6 Å². The van der Waals surface area contributed by atoms with Crippen LogP contribution in [0.4, 0.5) is 11.5 Å². The standard InChI is InChI=1S/C20H17ClN4O5S/c1-11-4-3-5-17(12(11)2)24-19(15-9-31(29,30)10-16(15)23-24)22-20(26)14-8-13(21)6-7-18(14)25(27)28/h3-8H,9-10H2,1-2H3,(H,22,26). The lowest BCUT2D eigenvalue weighted by atomic mass is 10.1. The molecule has 1 amide bonds. The summed E-state index contributed by atoms with van der Waals surface area (Å²) in [5, 5.41) is 18.6. The van der Waals surface area contributed by atoms with Crippen molar-refractivity contribution in [2.24, 2.45) is 0 Å². The predicted octanol–water partition coefficient (Wildman–Crippen LogP) is 3.73. The van der Waals surface area contributed by atoms with Crippen LogP contribution in [0.25, 0.3) is 5.69 Å². The molecule has 11 heteroatoms. The third-order valence-electron chi connectivity index (χ3n) is 5.22. The number of sulfone groups is 1. The third kappa shape index (κ3) is 3.79. The zero-order valence-corrected chi connectivity index (χ0v) is 18.1. The van der Waals surface area contributed by atoms with E-state index in [1.54, 1.807) is 6.07 Å². The normalized spacial score (nSPS) is 14.3. The van der Waals surface area contributed by atoms with Crippen LogP contribution < -0.4 is 5.32 Å². The van der Waals surface area contributed by atoms with Crippen molar-refractivity contribution in [1.29, 1.82) is 0 Å². The topological polar surface area (TPSA) is 124 Å². The minimum atomic E-state index is -3.39. The fraction of sp³-hybridized carbons (Fsp3) is 0.200. The number of nitrogens with zero attached hydrogens (tertiary/aromatic N) is 3. The van der Waals surface area contributed by atoms with Crippen molar-refractivity contribution in [3.8, 4) is 5.69 Å². The highest BCUT2D eigenvalue weighted by atomic mass is 35.5. The molecule has 0 radical (unpaired) electrons. The van der Waals surface area contributed by atoms with E-state index in [0.717, 1.165) is 17.2 Å². The molecule has 2 aromatic carbocycles. The molecule has 1 aromatic heterocycles. The van der Waals surface area contributed by atoms with E-state index in [1.165, 1.54) is 16.8 Å². The van der Waals surface area contributed by atoms with Crippen LogP contribution in [0.1, 0.15) is 32.7 Å². The van der Waals surface area contributed by atoms with Crippen molar-refractivity contribution in [3.05, 3.63) is 79.5 Å². The van der Waals surface area contributed by atoms with Gasteiger partial charge in [-0.3, -0.25) is 14.9 Å². The number of nitro benzene ring substituents is 1. The highest BCUT2D eigenvalue weighted by Gasteiger charge is 2.34. The van der Waals surface area contributed by atoms with Gasteiger partial charge in [-0.15, -0.1) is 0 Å². The molecule has 0 unspecified atom stereocenters. The van der Waals surface area contributed by atoms with Gasteiger partial charge in [0, 0.05) is 16.7 Å². The number of carbonyl (C=O) groups is 1. The van der Waals surface area contributed by atoms with Gasteiger partial charge in [-0.2, -0.15) is 5.10 Å². The molecule has 160 valence electrons. The third-order valence-corrected chi connectivity index (χ3v) is 6.90. The molecule has 2 heterocycles. The van der Waals surface area contributed by atoms with Gasteiger partial charge in [0.2, 0.25) is 0 Å². The first-order valence-corrected chi connectivity index (χ1v) is 11.4. The SMILES string of the molecule is Cc1cccc(-n2nc3c(c2NC(=O)c2cc(Cl)ccc2[N+](=O)[O-])CS(=O)(=O)C3)c1C. The number of aryl methyl sites for hydroxylation is 1. The molecule has 1 aliphatic rings. The van der Waals surface area contributed by atoms with E-state index in [9.17, 15) is 23.3 Å². The first-order chi connectivity index (χ1) is 14.6.